The van der Waals surface area contributed by atoms with Gasteiger partial charge in [0, 0.05) is 22.2 Å². The number of rotatable bonds is 7. The molecule has 186 valence electrons. The fourth-order valence-corrected chi connectivity index (χ4v) is 3.97. The third-order valence-corrected chi connectivity index (χ3v) is 5.59. The fraction of sp³-hybridized carbons (Fsp3) is 0.292. The molecule has 0 saturated carbocycles. The zero-order chi connectivity index (χ0) is 26.0. The van der Waals surface area contributed by atoms with Gasteiger partial charge in [0.25, 0.3) is 0 Å². The summed E-state index contributed by atoms with van der Waals surface area (Å²) in [5, 5.41) is 19.8. The third-order valence-electron chi connectivity index (χ3n) is 4.55. The molecule has 1 heterocycles. The number of phenols is 1. The molecule has 7 nitrogen and oxygen atoms in total. The molecular formula is C24H22F3NO6S. The van der Waals surface area contributed by atoms with Crippen LogP contribution in [0.15, 0.2) is 42.6 Å². The lowest BCUT2D eigenvalue weighted by molar-refractivity contribution is -0.139. The smallest absolute Gasteiger partial charge is 0.419 e. The SMILES string of the molecule is CC(C)(C)OC(=O)c1c(COc2ccc(-c3ncc(CC(=O)O)s3)cc2)ccc(C(F)(F)F)c1O. The minimum atomic E-state index is -4.86. The first-order chi connectivity index (χ1) is 16.2. The molecule has 0 aliphatic carbocycles. The van der Waals surface area contributed by atoms with Crippen molar-refractivity contribution in [2.75, 3.05) is 0 Å². The number of thiazole rings is 1. The predicted molar refractivity (Wildman–Crippen MR) is 121 cm³/mol. The van der Waals surface area contributed by atoms with Crippen LogP contribution in [-0.4, -0.2) is 32.7 Å². The van der Waals surface area contributed by atoms with Crippen molar-refractivity contribution in [3.8, 4) is 22.1 Å². The molecule has 1 aromatic heterocycles. The average Bonchev–Trinajstić information content (AvgIpc) is 3.18. The summed E-state index contributed by atoms with van der Waals surface area (Å²) in [6, 6.07) is 8.34. The summed E-state index contributed by atoms with van der Waals surface area (Å²) >= 11 is 1.24. The van der Waals surface area contributed by atoms with Crippen molar-refractivity contribution in [3.05, 3.63) is 64.2 Å². The molecule has 3 rings (SSSR count). The number of aromatic nitrogens is 1. The Labute approximate surface area is 202 Å². The van der Waals surface area contributed by atoms with Gasteiger partial charge in [-0.15, -0.1) is 11.3 Å². The Balaban J connectivity index is 1.82. The number of phenolic OH excluding ortho intramolecular Hbond substituents is 1. The summed E-state index contributed by atoms with van der Waals surface area (Å²) in [5.41, 5.74) is -2.21. The first-order valence-corrected chi connectivity index (χ1v) is 11.1. The molecule has 0 aliphatic heterocycles. The monoisotopic (exact) mass is 509 g/mol. The maximum atomic E-state index is 13.3. The molecule has 0 atom stereocenters. The van der Waals surface area contributed by atoms with E-state index in [2.05, 4.69) is 4.98 Å². The van der Waals surface area contributed by atoms with Crippen LogP contribution in [0.1, 0.15) is 47.1 Å². The highest BCUT2D eigenvalue weighted by Crippen LogP contribution is 2.39. The molecule has 0 spiro atoms. The van der Waals surface area contributed by atoms with Crippen molar-refractivity contribution >= 4 is 23.3 Å². The Morgan fingerprint density at radius 2 is 1.71 bits per heavy atom. The van der Waals surface area contributed by atoms with Crippen LogP contribution in [0.2, 0.25) is 0 Å². The van der Waals surface area contributed by atoms with E-state index in [0.29, 0.717) is 21.7 Å². The Morgan fingerprint density at radius 3 is 2.29 bits per heavy atom. The van der Waals surface area contributed by atoms with Crippen molar-refractivity contribution in [2.45, 2.75) is 45.6 Å². The van der Waals surface area contributed by atoms with E-state index in [1.54, 1.807) is 45.0 Å². The largest absolute Gasteiger partial charge is 0.506 e. The molecule has 2 N–H and O–H groups in total. The highest BCUT2D eigenvalue weighted by Gasteiger charge is 2.37. The van der Waals surface area contributed by atoms with Crippen molar-refractivity contribution in [3.63, 3.8) is 0 Å². The van der Waals surface area contributed by atoms with E-state index in [0.717, 1.165) is 11.6 Å². The van der Waals surface area contributed by atoms with Crippen molar-refractivity contribution in [1.29, 1.82) is 0 Å². The molecule has 3 aromatic rings. The number of aromatic hydroxyl groups is 1. The van der Waals surface area contributed by atoms with Crippen LogP contribution in [0, 0.1) is 0 Å². The second kappa shape index (κ2) is 9.95. The van der Waals surface area contributed by atoms with Gasteiger partial charge in [0.1, 0.15) is 34.3 Å². The number of alkyl halides is 3. The van der Waals surface area contributed by atoms with Gasteiger partial charge in [0.15, 0.2) is 0 Å². The lowest BCUT2D eigenvalue weighted by atomic mass is 10.0. The second-order valence-electron chi connectivity index (χ2n) is 8.51. The predicted octanol–water partition coefficient (Wildman–Crippen LogP) is 5.70. The van der Waals surface area contributed by atoms with E-state index >= 15 is 0 Å². The summed E-state index contributed by atoms with van der Waals surface area (Å²) in [7, 11) is 0. The van der Waals surface area contributed by atoms with E-state index < -0.39 is 40.6 Å². The van der Waals surface area contributed by atoms with Crippen LogP contribution in [0.5, 0.6) is 11.5 Å². The molecule has 0 saturated heterocycles. The Morgan fingerprint density at radius 1 is 1.06 bits per heavy atom. The van der Waals surface area contributed by atoms with Gasteiger partial charge in [0.2, 0.25) is 0 Å². The quantitative estimate of drug-likeness (QED) is 0.394. The van der Waals surface area contributed by atoms with Crippen LogP contribution in [0.3, 0.4) is 0 Å². The lowest BCUT2D eigenvalue weighted by Crippen LogP contribution is -2.25. The van der Waals surface area contributed by atoms with Crippen LogP contribution in [0.25, 0.3) is 10.6 Å². The molecule has 0 amide bonds. The van der Waals surface area contributed by atoms with Crippen molar-refractivity contribution < 1.29 is 42.4 Å². The molecule has 11 heteroatoms. The number of esters is 1. The molecule has 35 heavy (non-hydrogen) atoms. The number of carbonyl (C=O) groups excluding carboxylic acids is 1. The molecule has 0 fully saturated rings. The van der Waals surface area contributed by atoms with Gasteiger partial charge in [-0.2, -0.15) is 13.2 Å². The number of carbonyl (C=O) groups is 2. The maximum Gasteiger partial charge on any atom is 0.419 e. The zero-order valence-corrected chi connectivity index (χ0v) is 19.8. The number of benzene rings is 2. The Bertz CT molecular complexity index is 1230. The number of ether oxygens (including phenoxy) is 2. The molecule has 0 unspecified atom stereocenters. The van der Waals surface area contributed by atoms with Gasteiger partial charge < -0.3 is 19.7 Å². The summed E-state index contributed by atoms with van der Waals surface area (Å²) in [5.74, 6) is -2.92. The van der Waals surface area contributed by atoms with E-state index in [-0.39, 0.29) is 18.6 Å². The van der Waals surface area contributed by atoms with Crippen molar-refractivity contribution in [2.24, 2.45) is 0 Å². The van der Waals surface area contributed by atoms with Crippen molar-refractivity contribution in [1.82, 2.24) is 4.98 Å². The second-order valence-corrected chi connectivity index (χ2v) is 9.63. The van der Waals surface area contributed by atoms with E-state index in [1.807, 2.05) is 0 Å². The average molecular weight is 510 g/mol. The third kappa shape index (κ3) is 6.72. The van der Waals surface area contributed by atoms with Gasteiger partial charge in [0.05, 0.1) is 12.0 Å². The first kappa shape index (κ1) is 26.0. The fourth-order valence-electron chi connectivity index (χ4n) is 3.07. The van der Waals surface area contributed by atoms with Gasteiger partial charge in [-0.1, -0.05) is 6.07 Å². The summed E-state index contributed by atoms with van der Waals surface area (Å²) in [4.78, 5) is 28.3. The molecule has 0 aliphatic rings. The number of carboxylic acids is 1. The van der Waals surface area contributed by atoms with Gasteiger partial charge in [-0.25, -0.2) is 9.78 Å². The van der Waals surface area contributed by atoms with Crippen LogP contribution < -0.4 is 4.74 Å². The topological polar surface area (TPSA) is 106 Å². The Hall–Kier alpha value is -3.60. The minimum Gasteiger partial charge on any atom is -0.506 e. The number of hydrogen-bond donors (Lipinski definition) is 2. The number of aliphatic carboxylic acids is 1. The zero-order valence-electron chi connectivity index (χ0n) is 19.0. The summed E-state index contributed by atoms with van der Waals surface area (Å²) in [6.07, 6.45) is -3.50. The van der Waals surface area contributed by atoms with E-state index in [4.69, 9.17) is 14.6 Å². The summed E-state index contributed by atoms with van der Waals surface area (Å²) < 4.78 is 50.7. The number of halogens is 3. The van der Waals surface area contributed by atoms with Gasteiger partial charge in [-0.05, 0) is 51.1 Å². The molecule has 0 radical (unpaired) electrons. The van der Waals surface area contributed by atoms with Gasteiger partial charge in [-0.3, -0.25) is 4.79 Å². The van der Waals surface area contributed by atoms with Crippen LogP contribution in [0.4, 0.5) is 13.2 Å². The number of nitrogens with zero attached hydrogens (tertiary/aromatic N) is 1. The first-order valence-electron chi connectivity index (χ1n) is 10.3. The maximum absolute atomic E-state index is 13.3. The normalized spacial score (nSPS) is 11.8. The lowest BCUT2D eigenvalue weighted by Gasteiger charge is -2.22. The number of carboxylic acid groups (broad SMARTS) is 1. The number of hydrogen-bond acceptors (Lipinski definition) is 7. The van der Waals surface area contributed by atoms with E-state index in [9.17, 15) is 27.9 Å². The molecule has 2 aromatic carbocycles. The minimum absolute atomic E-state index is 0.0204. The summed E-state index contributed by atoms with van der Waals surface area (Å²) in [6.45, 7) is 4.36. The standard InChI is InChI=1S/C24H22F3NO6S/c1-23(2,3)34-22(32)19-14(6-9-17(20(19)31)24(25,26)27)12-33-15-7-4-13(5-8-15)21-28-11-16(35-21)10-18(29)30/h4-9,11,31H,10,12H2,1-3H3,(H,29,30). The highest BCUT2D eigenvalue weighted by molar-refractivity contribution is 7.15. The van der Waals surface area contributed by atoms with E-state index in [1.165, 1.54) is 17.5 Å². The van der Waals surface area contributed by atoms with Gasteiger partial charge >= 0.3 is 18.1 Å². The Kier molecular flexibility index (Phi) is 7.39. The highest BCUT2D eigenvalue weighted by atomic mass is 32.1. The molecular weight excluding hydrogens is 487 g/mol. The van der Waals surface area contributed by atoms with Crippen LogP contribution >= 0.6 is 11.3 Å². The molecule has 0 bridgehead atoms. The van der Waals surface area contributed by atoms with Crippen LogP contribution in [-0.2, 0) is 28.7 Å².